The normalized spacial score (nSPS) is 11.5. The molecule has 9 rings (SSSR count). The molecule has 0 aliphatic carbocycles. The van der Waals surface area contributed by atoms with Gasteiger partial charge in [-0.1, -0.05) is 103 Å². The Morgan fingerprint density at radius 1 is 0.447 bits per heavy atom. The highest BCUT2D eigenvalue weighted by atomic mass is 15.0. The van der Waals surface area contributed by atoms with E-state index in [0.717, 1.165) is 49.9 Å². The number of para-hydroxylation sites is 4. The predicted molar refractivity (Wildman–Crippen MR) is 195 cm³/mol. The van der Waals surface area contributed by atoms with Crippen molar-refractivity contribution < 1.29 is 0 Å². The second kappa shape index (κ2) is 10.6. The molecule has 3 nitrogen and oxygen atoms in total. The molecule has 7 aromatic carbocycles. The lowest BCUT2D eigenvalue weighted by atomic mass is 9.96. The Hall–Kier alpha value is -6.37. The van der Waals surface area contributed by atoms with Crippen LogP contribution in [0.2, 0.25) is 0 Å². The van der Waals surface area contributed by atoms with Crippen molar-refractivity contribution in [1.82, 2.24) is 9.13 Å². The Labute approximate surface area is 272 Å². The first-order valence-corrected chi connectivity index (χ1v) is 15.9. The maximum absolute atomic E-state index is 9.76. The molecule has 0 spiro atoms. The predicted octanol–water partition coefficient (Wildman–Crippen LogP) is 11.4. The van der Waals surface area contributed by atoms with E-state index in [1.54, 1.807) is 0 Å². The number of benzene rings is 7. The molecule has 0 aliphatic heterocycles. The van der Waals surface area contributed by atoms with Gasteiger partial charge in [0, 0.05) is 44.0 Å². The van der Waals surface area contributed by atoms with Crippen molar-refractivity contribution in [3.05, 3.63) is 169 Å². The van der Waals surface area contributed by atoms with Gasteiger partial charge in [-0.3, -0.25) is 0 Å². The van der Waals surface area contributed by atoms with Gasteiger partial charge in [0.2, 0.25) is 0 Å². The molecule has 0 amide bonds. The van der Waals surface area contributed by atoms with Gasteiger partial charge in [-0.25, -0.2) is 0 Å². The monoisotopic (exact) mass is 599 g/mol. The lowest BCUT2D eigenvalue weighted by Gasteiger charge is -2.14. The molecular weight excluding hydrogens is 571 g/mol. The van der Waals surface area contributed by atoms with Crippen LogP contribution < -0.4 is 0 Å². The molecule has 0 radical (unpaired) electrons. The average Bonchev–Trinajstić information content (AvgIpc) is 3.65. The van der Waals surface area contributed by atoms with Crippen LogP contribution in [0.25, 0.3) is 77.2 Å². The van der Waals surface area contributed by atoms with E-state index in [2.05, 4.69) is 168 Å². The second-order valence-corrected chi connectivity index (χ2v) is 12.2. The van der Waals surface area contributed by atoms with Crippen LogP contribution in [0, 0.1) is 18.3 Å². The van der Waals surface area contributed by atoms with Crippen LogP contribution in [0.3, 0.4) is 0 Å². The third-order valence-electron chi connectivity index (χ3n) is 9.37. The molecule has 0 saturated carbocycles. The molecule has 9 aromatic rings. The fourth-order valence-electron chi connectivity index (χ4n) is 7.36. The molecule has 47 heavy (non-hydrogen) atoms. The molecule has 0 saturated heterocycles. The highest BCUT2D eigenvalue weighted by Gasteiger charge is 2.19. The number of hydrogen-bond donors (Lipinski definition) is 0. The van der Waals surface area contributed by atoms with Crippen molar-refractivity contribution in [3.8, 4) is 39.7 Å². The van der Waals surface area contributed by atoms with Crippen molar-refractivity contribution in [3.63, 3.8) is 0 Å². The summed E-state index contributed by atoms with van der Waals surface area (Å²) in [6.45, 7) is 2.13. The Balaban J connectivity index is 1.33. The van der Waals surface area contributed by atoms with E-state index < -0.39 is 0 Å². The Morgan fingerprint density at radius 3 is 1.74 bits per heavy atom. The number of nitrogens with zero attached hydrogens (tertiary/aromatic N) is 3. The van der Waals surface area contributed by atoms with Gasteiger partial charge >= 0.3 is 0 Å². The number of hydrogen-bond acceptors (Lipinski definition) is 1. The van der Waals surface area contributed by atoms with Crippen LogP contribution in [0.4, 0.5) is 0 Å². The van der Waals surface area contributed by atoms with Crippen molar-refractivity contribution in [2.75, 3.05) is 0 Å². The minimum absolute atomic E-state index is 0.662. The summed E-state index contributed by atoms with van der Waals surface area (Å²) in [5.74, 6) is 0. The van der Waals surface area contributed by atoms with Crippen molar-refractivity contribution in [2.45, 2.75) is 6.92 Å². The van der Waals surface area contributed by atoms with Gasteiger partial charge < -0.3 is 9.13 Å². The maximum atomic E-state index is 9.76. The molecule has 0 aliphatic rings. The summed E-state index contributed by atoms with van der Waals surface area (Å²) in [5.41, 5.74) is 13.4. The van der Waals surface area contributed by atoms with Crippen LogP contribution >= 0.6 is 0 Å². The molecule has 0 atom stereocenters. The van der Waals surface area contributed by atoms with Crippen LogP contribution in [0.1, 0.15) is 11.1 Å². The maximum Gasteiger partial charge on any atom is 0.0991 e. The van der Waals surface area contributed by atoms with E-state index >= 15 is 0 Å². The minimum Gasteiger partial charge on any atom is -0.309 e. The summed E-state index contributed by atoms with van der Waals surface area (Å²) in [4.78, 5) is 0. The number of aromatic nitrogens is 2. The zero-order valence-electron chi connectivity index (χ0n) is 25.9. The molecule has 0 N–H and O–H groups in total. The van der Waals surface area contributed by atoms with Crippen LogP contribution in [-0.4, -0.2) is 9.13 Å². The molecule has 0 unspecified atom stereocenters. The third kappa shape index (κ3) is 4.20. The number of fused-ring (bicyclic) bond motifs is 6. The lowest BCUT2D eigenvalue weighted by Crippen LogP contribution is -1.96. The van der Waals surface area contributed by atoms with Gasteiger partial charge in [0.15, 0.2) is 0 Å². The smallest absolute Gasteiger partial charge is 0.0991 e. The first-order valence-electron chi connectivity index (χ1n) is 15.9. The second-order valence-electron chi connectivity index (χ2n) is 12.2. The van der Waals surface area contributed by atoms with E-state index in [0.29, 0.717) is 5.56 Å². The van der Waals surface area contributed by atoms with Gasteiger partial charge in [0.25, 0.3) is 0 Å². The average molecular weight is 600 g/mol. The van der Waals surface area contributed by atoms with E-state index in [9.17, 15) is 5.26 Å². The van der Waals surface area contributed by atoms with Gasteiger partial charge in [-0.15, -0.1) is 0 Å². The van der Waals surface area contributed by atoms with Crippen molar-refractivity contribution in [2.24, 2.45) is 0 Å². The number of nitriles is 1. The SMILES string of the molecule is Cc1cccc(-n2c3ccc(C#N)cc3c3cccc(-c4cccc(-c5cccc6c7ccccc7n(-c7ccccc7)c56)c4)c32)c1. The summed E-state index contributed by atoms with van der Waals surface area (Å²) >= 11 is 0. The zero-order valence-corrected chi connectivity index (χ0v) is 25.9. The quantitative estimate of drug-likeness (QED) is 0.198. The summed E-state index contributed by atoms with van der Waals surface area (Å²) in [7, 11) is 0. The van der Waals surface area contributed by atoms with Gasteiger partial charge in [0.1, 0.15) is 0 Å². The Kier molecular flexibility index (Phi) is 6.10. The third-order valence-corrected chi connectivity index (χ3v) is 9.37. The van der Waals surface area contributed by atoms with Crippen molar-refractivity contribution in [1.29, 1.82) is 5.26 Å². The number of rotatable bonds is 4. The largest absolute Gasteiger partial charge is 0.309 e. The molecule has 0 bridgehead atoms. The first kappa shape index (κ1) is 27.0. The summed E-state index contributed by atoms with van der Waals surface area (Å²) < 4.78 is 4.75. The van der Waals surface area contributed by atoms with Crippen molar-refractivity contribution >= 4 is 43.6 Å². The highest BCUT2D eigenvalue weighted by Crippen LogP contribution is 2.42. The van der Waals surface area contributed by atoms with Gasteiger partial charge in [-0.05, 0) is 78.2 Å². The van der Waals surface area contributed by atoms with Crippen LogP contribution in [0.15, 0.2) is 158 Å². The minimum atomic E-state index is 0.662. The van der Waals surface area contributed by atoms with E-state index in [1.165, 1.54) is 32.9 Å². The molecule has 3 heteroatoms. The molecular formula is C44H29N3. The highest BCUT2D eigenvalue weighted by molar-refractivity contribution is 6.15. The van der Waals surface area contributed by atoms with E-state index in [-0.39, 0.29) is 0 Å². The molecule has 2 aromatic heterocycles. The summed E-state index contributed by atoms with van der Waals surface area (Å²) in [6.07, 6.45) is 0. The first-order chi connectivity index (χ1) is 23.2. The Bertz CT molecular complexity index is 2700. The lowest BCUT2D eigenvalue weighted by molar-refractivity contribution is 1.17. The summed E-state index contributed by atoms with van der Waals surface area (Å²) in [5, 5.41) is 14.4. The number of aryl methyl sites for hydroxylation is 1. The van der Waals surface area contributed by atoms with E-state index in [1.807, 2.05) is 12.1 Å². The molecule has 2 heterocycles. The molecule has 220 valence electrons. The zero-order chi connectivity index (χ0) is 31.5. The van der Waals surface area contributed by atoms with Crippen LogP contribution in [0.5, 0.6) is 0 Å². The standard InChI is InChI=1S/C44H29N3/c1-29-11-7-16-34(25-29)47-42-24-23-30(28-45)26-40(42)39-21-10-19-36(44(39)47)32-13-8-12-31(27-32)35-18-9-20-38-37-17-5-6-22-41(37)46(43(35)38)33-14-3-2-4-15-33/h2-27H,1H3. The van der Waals surface area contributed by atoms with Gasteiger partial charge in [0.05, 0.1) is 33.7 Å². The summed E-state index contributed by atoms with van der Waals surface area (Å²) in [6, 6.07) is 58.5. The van der Waals surface area contributed by atoms with Gasteiger partial charge in [-0.2, -0.15) is 5.26 Å². The molecule has 0 fully saturated rings. The van der Waals surface area contributed by atoms with Crippen LogP contribution in [-0.2, 0) is 0 Å². The van der Waals surface area contributed by atoms with E-state index in [4.69, 9.17) is 0 Å². The Morgan fingerprint density at radius 2 is 1.02 bits per heavy atom. The fraction of sp³-hybridized carbons (Fsp3) is 0.0227. The fourth-order valence-corrected chi connectivity index (χ4v) is 7.36. The topological polar surface area (TPSA) is 33.6 Å².